The molecule has 4 aromatic rings. The molecule has 4 heterocycles. The average Bonchev–Trinajstić information content (AvgIpc) is 1.58. The molecule has 0 unspecified atom stereocenters. The van der Waals surface area contributed by atoms with Crippen LogP contribution in [0.4, 0.5) is 0 Å². The first-order valence-corrected chi connectivity index (χ1v) is 33.1. The molecular formula is C73H86O20. The molecule has 8 fully saturated rings. The van der Waals surface area contributed by atoms with Crippen molar-refractivity contribution in [2.24, 2.45) is 52.3 Å². The molecule has 93 heavy (non-hydrogen) atoms. The lowest BCUT2D eigenvalue weighted by Gasteiger charge is -2.63. The minimum Gasteiger partial charge on any atom is -0.459 e. The van der Waals surface area contributed by atoms with Crippen LogP contribution < -0.4 is 0 Å². The van der Waals surface area contributed by atoms with E-state index in [-0.39, 0.29) is 57.3 Å². The summed E-state index contributed by atoms with van der Waals surface area (Å²) in [6, 6.07) is 33.4. The maximum absolute atomic E-state index is 14.8. The molecule has 4 saturated heterocycles. The summed E-state index contributed by atoms with van der Waals surface area (Å²) < 4.78 is 85.0. The topological polar surface area (TPSA) is 239 Å². The second kappa shape index (κ2) is 27.3. The van der Waals surface area contributed by atoms with Gasteiger partial charge < -0.3 is 61.6 Å². The maximum Gasteiger partial charge on any atom is 0.338 e. The van der Waals surface area contributed by atoms with Gasteiger partial charge in [0.05, 0.1) is 47.2 Å². The van der Waals surface area contributed by atoms with Crippen LogP contribution in [0.15, 0.2) is 121 Å². The number of esters is 7. The number of carbonyl (C=O) groups excluding carboxylic acids is 7. The number of rotatable bonds is 16. The summed E-state index contributed by atoms with van der Waals surface area (Å²) in [6.45, 7) is 14.5. The van der Waals surface area contributed by atoms with E-state index in [0.717, 1.165) is 52.9 Å². The summed E-state index contributed by atoms with van der Waals surface area (Å²) in [4.78, 5) is 96.8. The van der Waals surface area contributed by atoms with Crippen molar-refractivity contribution >= 4 is 41.8 Å². The fraction of sp³-hybridized carbons (Fsp3) is 0.575. The second-order valence-corrected chi connectivity index (χ2v) is 27.6. The van der Waals surface area contributed by atoms with Crippen molar-refractivity contribution in [1.82, 2.24) is 0 Å². The number of ether oxygens (including phenoxy) is 13. The van der Waals surface area contributed by atoms with Crippen molar-refractivity contribution in [3.63, 3.8) is 0 Å². The summed E-state index contributed by atoms with van der Waals surface area (Å²) in [5.74, 6) is -4.47. The van der Waals surface area contributed by atoms with Gasteiger partial charge in [-0.05, 0) is 147 Å². The molecule has 20 nitrogen and oxygen atoms in total. The van der Waals surface area contributed by atoms with Crippen molar-refractivity contribution < 1.29 is 95.1 Å². The van der Waals surface area contributed by atoms with E-state index in [1.54, 1.807) is 85.8 Å². The number of fused-ring (bicyclic) bond motifs is 7. The van der Waals surface area contributed by atoms with E-state index in [2.05, 4.69) is 27.7 Å². The molecule has 8 aliphatic rings. The summed E-state index contributed by atoms with van der Waals surface area (Å²) in [6.07, 6.45) is -9.91. The number of hydrogen-bond donors (Lipinski definition) is 0. The van der Waals surface area contributed by atoms with Crippen molar-refractivity contribution in [2.75, 3.05) is 13.2 Å². The standard InChI is InChI=1S/C73H86O20/c1-40-29-34-73(82-38-40)41(2)58-56(93-73)37-53-51-36-55(88-66(78)47-23-15-10-16-24-47)54-35-50(30-32-71(54,7)52(51)31-33-72(53,58)8)87-70-64(92-69-63(86-45(6)76)61(85-44(5)75)59(42(3)83-69)84-43(4)74)62(91-68(80)49-27-19-12-20-28-49)60(90-67(79)48-25-17-11-18-26-48)57(89-70)39-81-65(77)46-21-13-9-14-22-46/h9-28,40-42,50-64,69-70H,29-39H2,1-8H3/t40-,41+,42+,50+,51-,52+,53+,54-,55+,56+,57-,58+,59+,60-,61-,62+,63-,64-,69+,70-,71-,72+,73-/m1/s1. The highest BCUT2D eigenvalue weighted by atomic mass is 16.8. The van der Waals surface area contributed by atoms with Crippen LogP contribution in [0.25, 0.3) is 0 Å². The zero-order valence-corrected chi connectivity index (χ0v) is 54.0. The average molecular weight is 1280 g/mol. The third-order valence-electron chi connectivity index (χ3n) is 21.9. The van der Waals surface area contributed by atoms with Crippen molar-refractivity contribution in [1.29, 1.82) is 0 Å². The van der Waals surface area contributed by atoms with Gasteiger partial charge in [0.25, 0.3) is 0 Å². The Morgan fingerprint density at radius 2 is 1.00 bits per heavy atom. The Kier molecular flexibility index (Phi) is 19.4. The highest BCUT2D eigenvalue weighted by Crippen LogP contribution is 2.72. The van der Waals surface area contributed by atoms with Gasteiger partial charge in [-0.2, -0.15) is 0 Å². The minimum absolute atomic E-state index is 0.0420. The molecule has 4 aromatic carbocycles. The van der Waals surface area contributed by atoms with E-state index in [0.29, 0.717) is 55.6 Å². The van der Waals surface area contributed by atoms with Crippen molar-refractivity contribution in [3.05, 3.63) is 144 Å². The molecular weight excluding hydrogens is 1200 g/mol. The molecule has 1 spiro atoms. The Morgan fingerprint density at radius 3 is 1.57 bits per heavy atom. The van der Waals surface area contributed by atoms with Gasteiger partial charge in [-0.3, -0.25) is 14.4 Å². The Balaban J connectivity index is 0.924. The molecule has 498 valence electrons. The molecule has 0 bridgehead atoms. The predicted octanol–water partition coefficient (Wildman–Crippen LogP) is 10.6. The van der Waals surface area contributed by atoms with Crippen LogP contribution in [0, 0.1) is 52.3 Å². The molecule has 4 aliphatic heterocycles. The third-order valence-corrected chi connectivity index (χ3v) is 21.9. The molecule has 23 atom stereocenters. The summed E-state index contributed by atoms with van der Waals surface area (Å²) in [7, 11) is 0. The van der Waals surface area contributed by atoms with E-state index in [9.17, 15) is 33.6 Å². The van der Waals surface area contributed by atoms with Crippen LogP contribution in [-0.2, 0) is 76.0 Å². The van der Waals surface area contributed by atoms with Gasteiger partial charge >= 0.3 is 41.8 Å². The summed E-state index contributed by atoms with van der Waals surface area (Å²) >= 11 is 0. The number of benzene rings is 4. The first-order chi connectivity index (χ1) is 44.6. The van der Waals surface area contributed by atoms with E-state index < -0.39 is 128 Å². The Bertz CT molecular complexity index is 3320. The van der Waals surface area contributed by atoms with Crippen LogP contribution in [-0.4, -0.2) is 141 Å². The predicted molar refractivity (Wildman–Crippen MR) is 330 cm³/mol. The van der Waals surface area contributed by atoms with Gasteiger partial charge in [0.1, 0.15) is 18.8 Å². The monoisotopic (exact) mass is 1280 g/mol. The SMILES string of the molecule is CC(=O)O[C@@H]1[C@@H](OC(C)=O)[C@H](C)O[C@@H](O[C@H]2[C@H](O[C@H]3CC[C@@]4(C)[C@H](C3)[C@@H](OC(=O)c3ccccc3)C[C@@H]3[C@@H]4CC[C@]4(C)[C@@H]5[C@H](C[C@@H]34)O[C@]3(CC[C@@H](C)CO3)[C@H]5C)O[C@H](COC(=O)c3ccccc3)[C@@H](OC(=O)c3ccccc3)[C@@H]2OC(=O)c2ccccc2)[C@@H]1OC(C)=O. The molecule has 4 saturated carbocycles. The highest BCUT2D eigenvalue weighted by molar-refractivity contribution is 5.91. The zero-order chi connectivity index (χ0) is 65.5. The van der Waals surface area contributed by atoms with Crippen LogP contribution in [0.3, 0.4) is 0 Å². The van der Waals surface area contributed by atoms with E-state index >= 15 is 0 Å². The largest absolute Gasteiger partial charge is 0.459 e. The van der Waals surface area contributed by atoms with Crippen LogP contribution >= 0.6 is 0 Å². The first-order valence-electron chi connectivity index (χ1n) is 33.1. The van der Waals surface area contributed by atoms with E-state index in [1.807, 2.05) is 18.2 Å². The smallest absolute Gasteiger partial charge is 0.338 e. The fourth-order valence-electron chi connectivity index (χ4n) is 17.6. The van der Waals surface area contributed by atoms with Gasteiger partial charge in [0.2, 0.25) is 0 Å². The third kappa shape index (κ3) is 13.4. The van der Waals surface area contributed by atoms with Crippen molar-refractivity contribution in [2.45, 2.75) is 199 Å². The Labute approximate surface area is 542 Å². The second-order valence-electron chi connectivity index (χ2n) is 27.6. The van der Waals surface area contributed by atoms with Gasteiger partial charge in [-0.1, -0.05) is 100 Å². The molecule has 20 heteroatoms. The van der Waals surface area contributed by atoms with Crippen LogP contribution in [0.2, 0.25) is 0 Å². The normalized spacial score (nSPS) is 38.3. The quantitative estimate of drug-likeness (QED) is 0.0575. The minimum atomic E-state index is -1.74. The lowest BCUT2D eigenvalue weighted by atomic mass is 9.43. The lowest BCUT2D eigenvalue weighted by Crippen LogP contribution is -2.67. The highest BCUT2D eigenvalue weighted by Gasteiger charge is 2.70. The Morgan fingerprint density at radius 1 is 0.484 bits per heavy atom. The summed E-state index contributed by atoms with van der Waals surface area (Å²) in [5.41, 5.74) is 0.443. The first kappa shape index (κ1) is 66.0. The molecule has 12 rings (SSSR count). The fourth-order valence-corrected chi connectivity index (χ4v) is 17.6. The molecule has 0 amide bonds. The molecule has 0 aromatic heterocycles. The Hall–Kier alpha value is -7.07. The van der Waals surface area contributed by atoms with Crippen LogP contribution in [0.1, 0.15) is 155 Å². The van der Waals surface area contributed by atoms with Gasteiger partial charge in [0.15, 0.2) is 55.0 Å². The number of carbonyl (C=O) groups is 7. The van der Waals surface area contributed by atoms with Crippen LogP contribution in [0.5, 0.6) is 0 Å². The zero-order valence-electron chi connectivity index (χ0n) is 54.0. The number of hydrogen-bond acceptors (Lipinski definition) is 20. The van der Waals surface area contributed by atoms with Gasteiger partial charge in [0, 0.05) is 39.0 Å². The molecule has 4 aliphatic carbocycles. The van der Waals surface area contributed by atoms with Gasteiger partial charge in [-0.25, -0.2) is 19.2 Å². The molecule has 0 radical (unpaired) electrons. The lowest BCUT2D eigenvalue weighted by molar-refractivity contribution is -0.370. The summed E-state index contributed by atoms with van der Waals surface area (Å²) in [5, 5.41) is 0. The van der Waals surface area contributed by atoms with Crippen molar-refractivity contribution in [3.8, 4) is 0 Å². The maximum atomic E-state index is 14.8. The van der Waals surface area contributed by atoms with E-state index in [1.165, 1.54) is 24.3 Å². The van der Waals surface area contributed by atoms with E-state index in [4.69, 9.17) is 61.6 Å². The van der Waals surface area contributed by atoms with Gasteiger partial charge in [-0.15, -0.1) is 0 Å². The molecule has 0 N–H and O–H groups in total.